The van der Waals surface area contributed by atoms with Gasteiger partial charge in [-0.15, -0.1) is 0 Å². The van der Waals surface area contributed by atoms with Crippen molar-refractivity contribution in [2.24, 2.45) is 5.92 Å². The molecule has 0 amide bonds. The van der Waals surface area contributed by atoms with Crippen LogP contribution < -0.4 is 9.47 Å². The molecule has 0 radical (unpaired) electrons. The third-order valence-electron chi connectivity index (χ3n) is 3.28. The fourth-order valence-corrected chi connectivity index (χ4v) is 2.72. The summed E-state index contributed by atoms with van der Waals surface area (Å²) in [5.74, 6) is 1.87. The van der Waals surface area contributed by atoms with Crippen LogP contribution in [0.3, 0.4) is 0 Å². The Hall–Kier alpha value is -0.780. The average molecular weight is 331 g/mol. The molecule has 2 rings (SSSR count). The average Bonchev–Trinajstić information content (AvgIpc) is 2.46. The first kappa shape index (κ1) is 14.6. The number of hydrogen-bond acceptors (Lipinski definition) is 4. The second-order valence-corrected chi connectivity index (χ2v) is 5.49. The minimum atomic E-state index is -0.0186. The Bertz CT molecular complexity index is 416. The molecule has 0 spiro atoms. The lowest BCUT2D eigenvalue weighted by atomic mass is 10.0. The second-order valence-electron chi connectivity index (χ2n) is 4.63. The zero-order valence-electron chi connectivity index (χ0n) is 11.0. The lowest BCUT2D eigenvalue weighted by molar-refractivity contribution is 0.0492. The van der Waals surface area contributed by atoms with Gasteiger partial charge in [-0.3, -0.25) is 0 Å². The predicted octanol–water partition coefficient (Wildman–Crippen LogP) is 2.76. The molecule has 0 aromatic heterocycles. The fraction of sp³-hybridized carbons (Fsp3) is 0.571. The first-order valence-electron chi connectivity index (χ1n) is 6.42. The third kappa shape index (κ3) is 3.84. The van der Waals surface area contributed by atoms with Crippen LogP contribution in [-0.2, 0) is 11.3 Å². The maximum absolute atomic E-state index is 9.18. The standard InChI is InChI=1S/C14H19BrO4/c1-17-13-7-11(8-16)6-12(15)14(13)19-9-10-2-4-18-5-3-10/h6-7,10,16H,2-5,8-9H2,1H3. The van der Waals surface area contributed by atoms with Crippen LogP contribution in [-0.4, -0.2) is 32.0 Å². The molecule has 1 saturated heterocycles. The topological polar surface area (TPSA) is 47.9 Å². The van der Waals surface area contributed by atoms with E-state index in [2.05, 4.69) is 15.9 Å². The smallest absolute Gasteiger partial charge is 0.175 e. The van der Waals surface area contributed by atoms with Crippen LogP contribution in [0.25, 0.3) is 0 Å². The van der Waals surface area contributed by atoms with E-state index in [4.69, 9.17) is 14.2 Å². The van der Waals surface area contributed by atoms with Gasteiger partial charge in [0.25, 0.3) is 0 Å². The molecular formula is C14H19BrO4. The molecule has 19 heavy (non-hydrogen) atoms. The van der Waals surface area contributed by atoms with Crippen molar-refractivity contribution in [2.45, 2.75) is 19.4 Å². The van der Waals surface area contributed by atoms with Gasteiger partial charge in [0.15, 0.2) is 11.5 Å². The summed E-state index contributed by atoms with van der Waals surface area (Å²) in [5.41, 5.74) is 0.794. The molecule has 0 bridgehead atoms. The minimum absolute atomic E-state index is 0.0186. The van der Waals surface area contributed by atoms with E-state index in [1.165, 1.54) is 0 Å². The number of aliphatic hydroxyl groups excluding tert-OH is 1. The van der Waals surface area contributed by atoms with Crippen LogP contribution in [0.1, 0.15) is 18.4 Å². The minimum Gasteiger partial charge on any atom is -0.493 e. The Balaban J connectivity index is 2.05. The van der Waals surface area contributed by atoms with Crippen molar-refractivity contribution < 1.29 is 19.3 Å². The lowest BCUT2D eigenvalue weighted by Crippen LogP contribution is -2.21. The third-order valence-corrected chi connectivity index (χ3v) is 3.87. The van der Waals surface area contributed by atoms with Gasteiger partial charge in [0.2, 0.25) is 0 Å². The number of ether oxygens (including phenoxy) is 3. The quantitative estimate of drug-likeness (QED) is 0.901. The first-order valence-corrected chi connectivity index (χ1v) is 7.21. The summed E-state index contributed by atoms with van der Waals surface area (Å²) in [6.07, 6.45) is 2.07. The molecule has 0 atom stereocenters. The van der Waals surface area contributed by atoms with Gasteiger partial charge in [-0.1, -0.05) is 0 Å². The van der Waals surface area contributed by atoms with Crippen LogP contribution in [0.15, 0.2) is 16.6 Å². The Kier molecular flexibility index (Phi) is 5.48. The highest BCUT2D eigenvalue weighted by atomic mass is 79.9. The normalized spacial score (nSPS) is 16.4. The second kappa shape index (κ2) is 7.12. The van der Waals surface area contributed by atoms with Crippen LogP contribution in [0.5, 0.6) is 11.5 Å². The fourth-order valence-electron chi connectivity index (χ4n) is 2.12. The van der Waals surface area contributed by atoms with Gasteiger partial charge in [0, 0.05) is 13.2 Å². The van der Waals surface area contributed by atoms with Crippen LogP contribution in [0, 0.1) is 5.92 Å². The number of benzene rings is 1. The van der Waals surface area contributed by atoms with Gasteiger partial charge >= 0.3 is 0 Å². The van der Waals surface area contributed by atoms with Crippen LogP contribution in [0.4, 0.5) is 0 Å². The highest BCUT2D eigenvalue weighted by Gasteiger charge is 2.17. The maximum atomic E-state index is 9.18. The summed E-state index contributed by atoms with van der Waals surface area (Å²) in [5, 5.41) is 9.18. The molecule has 106 valence electrons. The van der Waals surface area contributed by atoms with Gasteiger partial charge in [0.1, 0.15) is 0 Å². The van der Waals surface area contributed by atoms with Crippen molar-refractivity contribution in [1.82, 2.24) is 0 Å². The molecule has 1 aliphatic rings. The summed E-state index contributed by atoms with van der Waals surface area (Å²) in [6, 6.07) is 3.64. The molecule has 1 aliphatic heterocycles. The molecule has 1 heterocycles. The Morgan fingerprint density at radius 1 is 1.37 bits per heavy atom. The molecule has 5 heteroatoms. The molecule has 0 saturated carbocycles. The van der Waals surface area contributed by atoms with Crippen molar-refractivity contribution in [2.75, 3.05) is 26.9 Å². The van der Waals surface area contributed by atoms with Crippen molar-refractivity contribution in [3.63, 3.8) is 0 Å². The van der Waals surface area contributed by atoms with Gasteiger partial charge < -0.3 is 19.3 Å². The summed E-state index contributed by atoms with van der Waals surface area (Å²) in [7, 11) is 1.60. The number of aliphatic hydroxyl groups is 1. The van der Waals surface area contributed by atoms with Crippen LogP contribution in [0.2, 0.25) is 0 Å². The molecule has 1 aromatic rings. The molecule has 0 unspecified atom stereocenters. The SMILES string of the molecule is COc1cc(CO)cc(Br)c1OCC1CCOCC1. The van der Waals surface area contributed by atoms with E-state index in [1.54, 1.807) is 13.2 Å². The highest BCUT2D eigenvalue weighted by Crippen LogP contribution is 2.37. The van der Waals surface area contributed by atoms with E-state index in [1.807, 2.05) is 6.07 Å². The van der Waals surface area contributed by atoms with Gasteiger partial charge in [-0.25, -0.2) is 0 Å². The maximum Gasteiger partial charge on any atom is 0.175 e. The predicted molar refractivity (Wildman–Crippen MR) is 75.7 cm³/mol. The summed E-state index contributed by atoms with van der Waals surface area (Å²) >= 11 is 3.46. The van der Waals surface area contributed by atoms with E-state index in [0.29, 0.717) is 24.0 Å². The van der Waals surface area contributed by atoms with Gasteiger partial charge in [-0.2, -0.15) is 0 Å². The zero-order valence-corrected chi connectivity index (χ0v) is 12.6. The van der Waals surface area contributed by atoms with Crippen molar-refractivity contribution >= 4 is 15.9 Å². The molecular weight excluding hydrogens is 312 g/mol. The summed E-state index contributed by atoms with van der Waals surface area (Å²) in [6.45, 7) is 2.28. The monoisotopic (exact) mass is 330 g/mol. The Labute approximate surface area is 121 Å². The number of methoxy groups -OCH3 is 1. The van der Waals surface area contributed by atoms with Crippen molar-refractivity contribution in [1.29, 1.82) is 0 Å². The summed E-state index contributed by atoms with van der Waals surface area (Å²) in [4.78, 5) is 0. The Morgan fingerprint density at radius 2 is 2.11 bits per heavy atom. The molecule has 1 N–H and O–H groups in total. The number of hydrogen-bond donors (Lipinski definition) is 1. The van der Waals surface area contributed by atoms with Crippen molar-refractivity contribution in [3.8, 4) is 11.5 Å². The van der Waals surface area contributed by atoms with E-state index < -0.39 is 0 Å². The van der Waals surface area contributed by atoms with Gasteiger partial charge in [-0.05, 0) is 52.4 Å². The van der Waals surface area contributed by atoms with E-state index in [9.17, 15) is 5.11 Å². The lowest BCUT2D eigenvalue weighted by Gasteiger charge is -2.23. The summed E-state index contributed by atoms with van der Waals surface area (Å²) < 4.78 is 17.3. The van der Waals surface area contributed by atoms with Gasteiger partial charge in [0.05, 0.1) is 24.8 Å². The van der Waals surface area contributed by atoms with E-state index >= 15 is 0 Å². The largest absolute Gasteiger partial charge is 0.493 e. The number of rotatable bonds is 5. The number of halogens is 1. The van der Waals surface area contributed by atoms with E-state index in [-0.39, 0.29) is 6.61 Å². The molecule has 1 aromatic carbocycles. The van der Waals surface area contributed by atoms with Crippen LogP contribution >= 0.6 is 15.9 Å². The van der Waals surface area contributed by atoms with E-state index in [0.717, 1.165) is 36.1 Å². The first-order chi connectivity index (χ1) is 9.24. The molecule has 4 nitrogen and oxygen atoms in total. The van der Waals surface area contributed by atoms with Crippen molar-refractivity contribution in [3.05, 3.63) is 22.2 Å². The zero-order chi connectivity index (χ0) is 13.7. The highest BCUT2D eigenvalue weighted by molar-refractivity contribution is 9.10. The molecule has 1 fully saturated rings. The Morgan fingerprint density at radius 3 is 2.74 bits per heavy atom. The molecule has 0 aliphatic carbocycles.